The van der Waals surface area contributed by atoms with Crippen LogP contribution < -0.4 is 15.5 Å². The molecule has 1 atom stereocenters. The van der Waals surface area contributed by atoms with Gasteiger partial charge in [-0.25, -0.2) is 9.18 Å². The summed E-state index contributed by atoms with van der Waals surface area (Å²) in [6.45, 7) is 1.41. The molecule has 27 heavy (non-hydrogen) atoms. The van der Waals surface area contributed by atoms with Crippen molar-refractivity contribution in [2.24, 2.45) is 0 Å². The number of carboxylic acids is 1. The van der Waals surface area contributed by atoms with Crippen LogP contribution in [0.4, 0.5) is 28.9 Å². The van der Waals surface area contributed by atoms with Gasteiger partial charge in [0, 0.05) is 18.8 Å². The Morgan fingerprint density at radius 2 is 1.93 bits per heavy atom. The minimum atomic E-state index is -5.08. The Kier molecular flexibility index (Phi) is 8.10. The highest BCUT2D eigenvalue weighted by molar-refractivity contribution is 6.34. The summed E-state index contributed by atoms with van der Waals surface area (Å²) < 4.78 is 44.3. The maximum absolute atomic E-state index is 12.6. The molecule has 1 unspecified atom stereocenters. The lowest BCUT2D eigenvalue weighted by Crippen LogP contribution is -2.47. The van der Waals surface area contributed by atoms with Gasteiger partial charge in [-0.2, -0.15) is 13.2 Å². The normalized spacial score (nSPS) is 15.2. The van der Waals surface area contributed by atoms with Gasteiger partial charge in [0.15, 0.2) is 0 Å². The summed E-state index contributed by atoms with van der Waals surface area (Å²) in [5, 5.41) is 12.5. The molecule has 1 aliphatic rings. The van der Waals surface area contributed by atoms with Gasteiger partial charge in [0.25, 0.3) is 11.5 Å². The number of anilines is 2. The van der Waals surface area contributed by atoms with E-state index in [0.717, 1.165) is 0 Å². The first-order valence-corrected chi connectivity index (χ1v) is 7.93. The Hall–Kier alpha value is -2.27. The van der Waals surface area contributed by atoms with E-state index in [1.54, 1.807) is 12.1 Å². The fourth-order valence-electron chi connectivity index (χ4n) is 1.88. The van der Waals surface area contributed by atoms with Crippen LogP contribution in [0.2, 0.25) is 5.02 Å². The third kappa shape index (κ3) is 7.47. The highest BCUT2D eigenvalue weighted by Crippen LogP contribution is 2.29. The van der Waals surface area contributed by atoms with Crippen molar-refractivity contribution in [2.75, 3.05) is 29.9 Å². The van der Waals surface area contributed by atoms with Gasteiger partial charge in [0.05, 0.1) is 17.3 Å². The molecule has 1 aliphatic heterocycles. The maximum atomic E-state index is 12.6. The van der Waals surface area contributed by atoms with Crippen LogP contribution in [0.3, 0.4) is 0 Å². The van der Waals surface area contributed by atoms with Crippen molar-refractivity contribution in [3.63, 3.8) is 0 Å². The first-order valence-electron chi connectivity index (χ1n) is 7.12. The maximum Gasteiger partial charge on any atom is 0.490 e. The highest BCUT2D eigenvalue weighted by Gasteiger charge is 2.38. The number of aliphatic carboxylic acids is 1. The summed E-state index contributed by atoms with van der Waals surface area (Å²) in [7, 11) is 0. The van der Waals surface area contributed by atoms with E-state index < -0.39 is 23.7 Å². The molecule has 3 N–H and O–H groups in total. The second-order valence-corrected chi connectivity index (χ2v) is 5.82. The van der Waals surface area contributed by atoms with E-state index >= 15 is 0 Å². The fraction of sp³-hybridized carbons (Fsp3) is 0.357. The lowest BCUT2D eigenvalue weighted by molar-refractivity contribution is -0.192. The van der Waals surface area contributed by atoms with Crippen LogP contribution in [-0.2, 0) is 14.4 Å². The lowest BCUT2D eigenvalue weighted by atomic mass is 10.2. The van der Waals surface area contributed by atoms with Crippen molar-refractivity contribution in [1.82, 2.24) is 5.32 Å². The molecule has 7 nitrogen and oxygen atoms in total. The number of alkyl halides is 5. The van der Waals surface area contributed by atoms with Crippen LogP contribution in [-0.4, -0.2) is 54.3 Å². The van der Waals surface area contributed by atoms with Crippen LogP contribution in [0.5, 0.6) is 0 Å². The van der Waals surface area contributed by atoms with Gasteiger partial charge >= 0.3 is 12.1 Å². The van der Waals surface area contributed by atoms with Crippen LogP contribution in [0.25, 0.3) is 0 Å². The summed E-state index contributed by atoms with van der Waals surface area (Å²) in [6, 6.07) is 4.73. The molecule has 0 bridgehead atoms. The Morgan fingerprint density at radius 1 is 1.33 bits per heavy atom. The number of carbonyl (C=O) groups is 3. The number of hydrogen-bond donors (Lipinski definition) is 3. The van der Waals surface area contributed by atoms with Gasteiger partial charge in [0.2, 0.25) is 5.91 Å². The lowest BCUT2D eigenvalue weighted by Gasteiger charge is -2.29. The zero-order valence-electron chi connectivity index (χ0n) is 13.3. The smallest absolute Gasteiger partial charge is 0.475 e. The van der Waals surface area contributed by atoms with E-state index in [0.29, 0.717) is 29.5 Å². The average molecular weight is 434 g/mol. The van der Waals surface area contributed by atoms with Crippen LogP contribution >= 0.6 is 23.2 Å². The number of amides is 2. The molecule has 2 rings (SSSR count). The van der Waals surface area contributed by atoms with Crippen molar-refractivity contribution >= 4 is 52.4 Å². The number of benzene rings is 1. The molecular formula is C14H13Cl2F4N3O4. The number of carbonyl (C=O) groups excluding carboxylic acids is 2. The Morgan fingerprint density at radius 3 is 2.37 bits per heavy atom. The molecule has 0 aromatic heterocycles. The summed E-state index contributed by atoms with van der Waals surface area (Å²) in [5.74, 6) is -3.78. The van der Waals surface area contributed by atoms with Gasteiger partial charge in [0.1, 0.15) is 0 Å². The molecule has 150 valence electrons. The van der Waals surface area contributed by atoms with Crippen molar-refractivity contribution in [3.05, 3.63) is 23.2 Å². The summed E-state index contributed by atoms with van der Waals surface area (Å²) in [5.41, 5.74) is -1.09. The van der Waals surface area contributed by atoms with E-state index in [2.05, 4.69) is 10.6 Å². The largest absolute Gasteiger partial charge is 0.490 e. The third-order valence-electron chi connectivity index (χ3n) is 3.03. The van der Waals surface area contributed by atoms with Gasteiger partial charge in [-0.3, -0.25) is 9.59 Å². The topological polar surface area (TPSA) is 98.7 Å². The van der Waals surface area contributed by atoms with Crippen molar-refractivity contribution in [2.45, 2.75) is 11.8 Å². The number of carboxylic acid groups (broad SMARTS) is 1. The first-order chi connectivity index (χ1) is 12.4. The molecule has 2 amide bonds. The molecule has 1 aromatic carbocycles. The van der Waals surface area contributed by atoms with E-state index in [1.807, 2.05) is 4.90 Å². The first kappa shape index (κ1) is 22.8. The molecule has 1 fully saturated rings. The van der Waals surface area contributed by atoms with E-state index in [4.69, 9.17) is 33.1 Å². The quantitative estimate of drug-likeness (QED) is 0.502. The molecular weight excluding hydrogens is 421 g/mol. The predicted molar refractivity (Wildman–Crippen MR) is 89.7 cm³/mol. The fourth-order valence-corrected chi connectivity index (χ4v) is 2.24. The zero-order chi connectivity index (χ0) is 20.8. The number of piperazine rings is 1. The monoisotopic (exact) mass is 433 g/mol. The Labute approximate surface area is 160 Å². The highest BCUT2D eigenvalue weighted by atomic mass is 35.5. The Balaban J connectivity index is 0.000000445. The van der Waals surface area contributed by atoms with E-state index in [9.17, 15) is 27.2 Å². The number of hydrogen-bond acceptors (Lipinski definition) is 4. The molecule has 1 heterocycles. The third-order valence-corrected chi connectivity index (χ3v) is 3.54. The van der Waals surface area contributed by atoms with Crippen molar-refractivity contribution in [3.8, 4) is 0 Å². The summed E-state index contributed by atoms with van der Waals surface area (Å²) >= 11 is 11.1. The number of halogens is 6. The molecule has 1 saturated heterocycles. The number of rotatable bonds is 3. The van der Waals surface area contributed by atoms with Crippen molar-refractivity contribution in [1.29, 1.82) is 0 Å². The van der Waals surface area contributed by atoms with E-state index in [-0.39, 0.29) is 12.5 Å². The minimum absolute atomic E-state index is 0.0768. The van der Waals surface area contributed by atoms with Crippen LogP contribution in [0.15, 0.2) is 18.2 Å². The molecule has 1 aromatic rings. The van der Waals surface area contributed by atoms with Crippen LogP contribution in [0.1, 0.15) is 0 Å². The van der Waals surface area contributed by atoms with Gasteiger partial charge < -0.3 is 20.6 Å². The predicted octanol–water partition coefficient (Wildman–Crippen LogP) is 2.38. The molecule has 0 radical (unpaired) electrons. The average Bonchev–Trinajstić information content (AvgIpc) is 2.54. The molecule has 13 heteroatoms. The number of nitrogens with one attached hydrogen (secondary N) is 2. The van der Waals surface area contributed by atoms with Gasteiger partial charge in [-0.05, 0) is 18.2 Å². The second-order valence-electron chi connectivity index (χ2n) is 5.03. The van der Waals surface area contributed by atoms with E-state index in [1.165, 1.54) is 6.07 Å². The molecule has 0 aliphatic carbocycles. The Bertz CT molecular complexity index is 716. The SMILES string of the molecule is O=C(O)C(F)(F)F.O=C1CN(c2ccc(NC(=O)C(F)Cl)cc2Cl)CCN1. The van der Waals surface area contributed by atoms with Crippen LogP contribution in [0, 0.1) is 0 Å². The summed E-state index contributed by atoms with van der Waals surface area (Å²) in [4.78, 5) is 33.2. The molecule has 0 spiro atoms. The van der Waals surface area contributed by atoms with Crippen molar-refractivity contribution < 1.29 is 37.1 Å². The molecule has 0 saturated carbocycles. The standard InChI is InChI=1S/C12H12Cl2FN3O2.C2HF3O2/c13-8-5-7(17-12(20)11(14)15)1-2-9(8)18-4-3-16-10(19)6-18;3-2(4,5)1(6)7/h1-2,5,11H,3-4,6H2,(H,16,19)(H,17,20);(H,6,7). The zero-order valence-corrected chi connectivity index (χ0v) is 14.8. The van der Waals surface area contributed by atoms with Gasteiger partial charge in [-0.15, -0.1) is 0 Å². The summed E-state index contributed by atoms with van der Waals surface area (Å²) in [6.07, 6.45) is -5.08. The number of nitrogens with zero attached hydrogens (tertiary/aromatic N) is 1. The minimum Gasteiger partial charge on any atom is -0.475 e. The second kappa shape index (κ2) is 9.60. The van der Waals surface area contributed by atoms with Gasteiger partial charge in [-0.1, -0.05) is 23.2 Å².